The highest BCUT2D eigenvalue weighted by atomic mass is 16.5. The van der Waals surface area contributed by atoms with Gasteiger partial charge in [-0.1, -0.05) is 12.1 Å². The molecule has 0 spiro atoms. The summed E-state index contributed by atoms with van der Waals surface area (Å²) in [7, 11) is 1.69. The molecule has 1 fully saturated rings. The minimum atomic E-state index is -0.562. The van der Waals surface area contributed by atoms with E-state index in [1.54, 1.807) is 19.2 Å². The maximum absolute atomic E-state index is 11.0. The van der Waals surface area contributed by atoms with Gasteiger partial charge in [0.05, 0.1) is 7.11 Å². The van der Waals surface area contributed by atoms with Gasteiger partial charge in [-0.15, -0.1) is 10.2 Å². The first-order valence-corrected chi connectivity index (χ1v) is 8.86. The quantitative estimate of drug-likeness (QED) is 0.788. The first-order valence-electron chi connectivity index (χ1n) is 8.86. The molecule has 3 N–H and O–H groups in total. The van der Waals surface area contributed by atoms with E-state index >= 15 is 0 Å². The molecular weight excluding hydrogens is 330 g/mol. The zero-order valence-corrected chi connectivity index (χ0v) is 15.0. The summed E-state index contributed by atoms with van der Waals surface area (Å²) in [6, 6.07) is 11.6. The second kappa shape index (κ2) is 8.62. The minimum absolute atomic E-state index is 0.183. The van der Waals surface area contributed by atoms with Crippen LogP contribution in [0.4, 0.5) is 5.82 Å². The van der Waals surface area contributed by atoms with Gasteiger partial charge in [0.25, 0.3) is 5.91 Å². The molecule has 1 amide bonds. The Morgan fingerprint density at radius 3 is 2.50 bits per heavy atom. The fourth-order valence-electron chi connectivity index (χ4n) is 3.14. The van der Waals surface area contributed by atoms with Crippen LogP contribution in [0.3, 0.4) is 0 Å². The third kappa shape index (κ3) is 4.92. The van der Waals surface area contributed by atoms with E-state index in [0.717, 1.165) is 44.8 Å². The van der Waals surface area contributed by atoms with Crippen molar-refractivity contribution in [3.63, 3.8) is 0 Å². The first-order chi connectivity index (χ1) is 12.6. The number of carbonyl (C=O) groups is 1. The topological polar surface area (TPSA) is 93.4 Å². The van der Waals surface area contributed by atoms with Crippen LogP contribution in [0.15, 0.2) is 36.4 Å². The zero-order valence-electron chi connectivity index (χ0n) is 15.0. The number of primary amides is 1. The fourth-order valence-corrected chi connectivity index (χ4v) is 3.14. The molecule has 1 aliphatic heterocycles. The van der Waals surface area contributed by atoms with E-state index in [0.29, 0.717) is 11.7 Å². The second-order valence-corrected chi connectivity index (χ2v) is 6.62. The molecule has 26 heavy (non-hydrogen) atoms. The summed E-state index contributed by atoms with van der Waals surface area (Å²) in [4.78, 5) is 13.5. The first kappa shape index (κ1) is 18.1. The molecule has 7 heteroatoms. The molecule has 1 aromatic carbocycles. The largest absolute Gasteiger partial charge is 0.497 e. The lowest BCUT2D eigenvalue weighted by Gasteiger charge is -2.32. The van der Waals surface area contributed by atoms with Gasteiger partial charge in [0.2, 0.25) is 0 Å². The van der Waals surface area contributed by atoms with Crippen LogP contribution in [0.25, 0.3) is 0 Å². The standard InChI is InChI=1S/C19H25N5O2/c1-26-16-4-2-15(3-5-16)13-24-10-8-14(9-11-24)12-21-18-7-6-17(19(20)25)22-23-18/h2-7,14H,8-13H2,1H3,(H2,20,25)(H,21,23). The molecule has 0 radical (unpaired) electrons. The number of hydrogen-bond acceptors (Lipinski definition) is 6. The Balaban J connectivity index is 1.41. The summed E-state index contributed by atoms with van der Waals surface area (Å²) in [6.45, 7) is 4.01. The number of ether oxygens (including phenoxy) is 1. The lowest BCUT2D eigenvalue weighted by Crippen LogP contribution is -2.35. The van der Waals surface area contributed by atoms with E-state index in [1.165, 1.54) is 5.56 Å². The minimum Gasteiger partial charge on any atom is -0.497 e. The number of piperidine rings is 1. The number of carbonyl (C=O) groups excluding carboxylic acids is 1. The molecule has 7 nitrogen and oxygen atoms in total. The third-order valence-corrected chi connectivity index (χ3v) is 4.76. The Morgan fingerprint density at radius 2 is 1.92 bits per heavy atom. The predicted octanol–water partition coefficient (Wildman–Crippen LogP) is 1.91. The maximum Gasteiger partial charge on any atom is 0.269 e. The summed E-state index contributed by atoms with van der Waals surface area (Å²) in [5, 5.41) is 11.1. The van der Waals surface area contributed by atoms with Gasteiger partial charge in [0.15, 0.2) is 5.69 Å². The number of nitrogens with one attached hydrogen (secondary N) is 1. The van der Waals surface area contributed by atoms with Crippen molar-refractivity contribution in [1.29, 1.82) is 0 Å². The Morgan fingerprint density at radius 1 is 1.19 bits per heavy atom. The van der Waals surface area contributed by atoms with Crippen LogP contribution in [-0.4, -0.2) is 47.7 Å². The van der Waals surface area contributed by atoms with Crippen LogP contribution < -0.4 is 15.8 Å². The Kier molecular flexibility index (Phi) is 6.01. The molecule has 1 saturated heterocycles. The van der Waals surface area contributed by atoms with Crippen molar-refractivity contribution >= 4 is 11.7 Å². The van der Waals surface area contributed by atoms with Gasteiger partial charge in [-0.25, -0.2) is 0 Å². The molecule has 0 unspecified atom stereocenters. The van der Waals surface area contributed by atoms with Crippen molar-refractivity contribution in [2.75, 3.05) is 32.1 Å². The monoisotopic (exact) mass is 355 g/mol. The van der Waals surface area contributed by atoms with E-state index in [4.69, 9.17) is 10.5 Å². The molecule has 0 bridgehead atoms. The number of nitrogens with two attached hydrogens (primary N) is 1. The summed E-state index contributed by atoms with van der Waals surface area (Å²) >= 11 is 0. The highest BCUT2D eigenvalue weighted by Gasteiger charge is 2.19. The third-order valence-electron chi connectivity index (χ3n) is 4.76. The van der Waals surface area contributed by atoms with Gasteiger partial charge in [-0.2, -0.15) is 0 Å². The molecule has 0 saturated carbocycles. The number of aromatic nitrogens is 2. The number of hydrogen-bond donors (Lipinski definition) is 2. The van der Waals surface area contributed by atoms with Crippen molar-refractivity contribution in [2.45, 2.75) is 19.4 Å². The van der Waals surface area contributed by atoms with Crippen molar-refractivity contribution in [1.82, 2.24) is 15.1 Å². The van der Waals surface area contributed by atoms with Gasteiger partial charge >= 0.3 is 0 Å². The Labute approximate surface area is 153 Å². The van der Waals surface area contributed by atoms with Gasteiger partial charge < -0.3 is 15.8 Å². The maximum atomic E-state index is 11.0. The number of amides is 1. The van der Waals surface area contributed by atoms with Gasteiger partial charge in [-0.05, 0) is 61.7 Å². The van der Waals surface area contributed by atoms with Crippen LogP contribution in [0.2, 0.25) is 0 Å². The summed E-state index contributed by atoms with van der Waals surface area (Å²) in [5.74, 6) is 1.62. The molecule has 0 atom stereocenters. The number of benzene rings is 1. The molecule has 138 valence electrons. The Hall–Kier alpha value is -2.67. The number of likely N-dealkylation sites (tertiary alicyclic amines) is 1. The van der Waals surface area contributed by atoms with Crippen LogP contribution >= 0.6 is 0 Å². The number of anilines is 1. The number of nitrogens with zero attached hydrogens (tertiary/aromatic N) is 3. The molecule has 1 aromatic heterocycles. The average molecular weight is 355 g/mol. The number of rotatable bonds is 7. The lowest BCUT2D eigenvalue weighted by molar-refractivity contribution is 0.0994. The predicted molar refractivity (Wildman–Crippen MR) is 100 cm³/mol. The van der Waals surface area contributed by atoms with E-state index in [2.05, 4.69) is 32.5 Å². The van der Waals surface area contributed by atoms with Crippen molar-refractivity contribution in [2.24, 2.45) is 11.7 Å². The highest BCUT2D eigenvalue weighted by molar-refractivity contribution is 5.90. The van der Waals surface area contributed by atoms with Gasteiger partial charge in [0, 0.05) is 13.1 Å². The number of methoxy groups -OCH3 is 1. The zero-order chi connectivity index (χ0) is 18.4. The second-order valence-electron chi connectivity index (χ2n) is 6.62. The lowest BCUT2D eigenvalue weighted by atomic mass is 9.96. The van der Waals surface area contributed by atoms with Crippen molar-refractivity contribution in [3.05, 3.63) is 47.7 Å². The van der Waals surface area contributed by atoms with Crippen molar-refractivity contribution < 1.29 is 9.53 Å². The molecule has 1 aliphatic rings. The molecule has 0 aliphatic carbocycles. The SMILES string of the molecule is COc1ccc(CN2CCC(CNc3ccc(C(N)=O)nn3)CC2)cc1. The van der Waals surface area contributed by atoms with Crippen LogP contribution in [-0.2, 0) is 6.54 Å². The van der Waals surface area contributed by atoms with E-state index in [1.807, 2.05) is 12.1 Å². The smallest absolute Gasteiger partial charge is 0.269 e. The van der Waals surface area contributed by atoms with E-state index < -0.39 is 5.91 Å². The molecule has 3 rings (SSSR count). The fraction of sp³-hybridized carbons (Fsp3) is 0.421. The molecule has 2 heterocycles. The normalized spacial score (nSPS) is 15.6. The van der Waals surface area contributed by atoms with Crippen LogP contribution in [0, 0.1) is 5.92 Å². The Bertz CT molecular complexity index is 710. The molecular formula is C19H25N5O2. The summed E-state index contributed by atoms with van der Waals surface area (Å²) in [6.07, 6.45) is 2.30. The van der Waals surface area contributed by atoms with Crippen LogP contribution in [0.5, 0.6) is 5.75 Å². The van der Waals surface area contributed by atoms with Crippen molar-refractivity contribution in [3.8, 4) is 5.75 Å². The average Bonchev–Trinajstić information content (AvgIpc) is 2.68. The highest BCUT2D eigenvalue weighted by Crippen LogP contribution is 2.20. The summed E-state index contributed by atoms with van der Waals surface area (Å²) < 4.78 is 5.20. The van der Waals surface area contributed by atoms with E-state index in [-0.39, 0.29) is 5.69 Å². The molecule has 2 aromatic rings. The van der Waals surface area contributed by atoms with Crippen LogP contribution in [0.1, 0.15) is 28.9 Å². The van der Waals surface area contributed by atoms with Gasteiger partial charge in [-0.3, -0.25) is 9.69 Å². The van der Waals surface area contributed by atoms with E-state index in [9.17, 15) is 4.79 Å². The van der Waals surface area contributed by atoms with Gasteiger partial charge in [0.1, 0.15) is 11.6 Å². The summed E-state index contributed by atoms with van der Waals surface area (Å²) in [5.41, 5.74) is 6.66.